The quantitative estimate of drug-likeness (QED) is 0.330. The third kappa shape index (κ3) is 5.39. The Morgan fingerprint density at radius 1 is 1.19 bits per heavy atom. The van der Waals surface area contributed by atoms with Gasteiger partial charge in [-0.15, -0.1) is 0 Å². The smallest absolute Gasteiger partial charge is 0.271 e. The third-order valence-electron chi connectivity index (χ3n) is 8.43. The van der Waals surface area contributed by atoms with Crippen molar-refractivity contribution in [1.29, 1.82) is 0 Å². The molecule has 0 bridgehead atoms. The summed E-state index contributed by atoms with van der Waals surface area (Å²) >= 11 is 13.3. The van der Waals surface area contributed by atoms with Crippen LogP contribution in [0.15, 0.2) is 24.8 Å². The predicted octanol–water partition coefficient (Wildman–Crippen LogP) is 3.75. The number of carbonyl (C=O) groups excluding carboxylic acids is 2. The zero-order chi connectivity index (χ0) is 29.8. The molecule has 3 aromatic rings. The van der Waals surface area contributed by atoms with Crippen LogP contribution in [-0.4, -0.2) is 92.8 Å². The molecule has 42 heavy (non-hydrogen) atoms. The van der Waals surface area contributed by atoms with Crippen molar-refractivity contribution in [2.75, 3.05) is 44.7 Å². The maximum absolute atomic E-state index is 13.6. The first kappa shape index (κ1) is 29.0. The summed E-state index contributed by atoms with van der Waals surface area (Å²) in [4.78, 5) is 34.2. The molecular weight excluding hydrogens is 579 g/mol. The first-order valence-electron chi connectivity index (χ1n) is 14.3. The molecule has 0 aliphatic carbocycles. The van der Waals surface area contributed by atoms with E-state index in [2.05, 4.69) is 64.1 Å². The molecule has 3 saturated heterocycles. The number of hydrogen-bond donors (Lipinski definition) is 3. The number of benzene rings is 1. The monoisotopic (exact) mass is 614 g/mol. The van der Waals surface area contributed by atoms with Gasteiger partial charge in [-0.3, -0.25) is 19.6 Å². The molecule has 2 amide bonds. The Hall–Kier alpha value is -3.12. The molecule has 0 spiro atoms. The van der Waals surface area contributed by atoms with Crippen molar-refractivity contribution in [2.45, 2.75) is 57.3 Å². The van der Waals surface area contributed by atoms with E-state index in [1.165, 1.54) is 6.08 Å². The second-order valence-electron chi connectivity index (χ2n) is 12.3. The SMILES string of the molecule is C=CC(=O)N1CC(NC(=O)c2c(Cl)nc(CNc3n[nH]c4cc(Cl)c(C(C)(C)C)cc34)n2[C@@H]2CCN(C3COC3)C2)C1. The molecule has 3 N–H and O–H groups in total. The van der Waals surface area contributed by atoms with Crippen LogP contribution in [0.2, 0.25) is 10.2 Å². The van der Waals surface area contributed by atoms with E-state index in [1.54, 1.807) is 4.90 Å². The summed E-state index contributed by atoms with van der Waals surface area (Å²) in [6.07, 6.45) is 2.14. The minimum atomic E-state index is -0.297. The van der Waals surface area contributed by atoms with Gasteiger partial charge >= 0.3 is 0 Å². The van der Waals surface area contributed by atoms with Crippen molar-refractivity contribution in [3.63, 3.8) is 0 Å². The highest BCUT2D eigenvalue weighted by molar-refractivity contribution is 6.32. The van der Waals surface area contributed by atoms with E-state index in [0.717, 1.165) is 49.2 Å². The first-order chi connectivity index (χ1) is 20.0. The highest BCUT2D eigenvalue weighted by atomic mass is 35.5. The fourth-order valence-corrected chi connectivity index (χ4v) is 6.68. The van der Waals surface area contributed by atoms with Gasteiger partial charge in [0.1, 0.15) is 11.5 Å². The number of rotatable bonds is 8. The summed E-state index contributed by atoms with van der Waals surface area (Å²) in [5.74, 6) is 0.880. The van der Waals surface area contributed by atoms with Gasteiger partial charge in [0, 0.05) is 42.6 Å². The molecule has 1 atom stereocenters. The van der Waals surface area contributed by atoms with Crippen LogP contribution in [-0.2, 0) is 21.5 Å². The second-order valence-corrected chi connectivity index (χ2v) is 13.1. The molecule has 0 radical (unpaired) electrons. The molecular formula is C29H36Cl2N8O3. The van der Waals surface area contributed by atoms with Crippen LogP contribution in [0.4, 0.5) is 5.82 Å². The summed E-state index contributed by atoms with van der Waals surface area (Å²) in [5, 5.41) is 15.8. The minimum Gasteiger partial charge on any atom is -0.378 e. The van der Waals surface area contributed by atoms with E-state index in [9.17, 15) is 9.59 Å². The first-order valence-corrected chi connectivity index (χ1v) is 15.0. The normalized spacial score (nSPS) is 20.0. The third-order valence-corrected chi connectivity index (χ3v) is 9.01. The molecule has 224 valence electrons. The number of ether oxygens (including phenoxy) is 1. The summed E-state index contributed by atoms with van der Waals surface area (Å²) < 4.78 is 7.41. The molecule has 2 aromatic heterocycles. The average Bonchev–Trinajstić information content (AvgIpc) is 3.58. The van der Waals surface area contributed by atoms with Gasteiger partial charge in [0.2, 0.25) is 5.91 Å². The Kier molecular flexibility index (Phi) is 7.71. The predicted molar refractivity (Wildman–Crippen MR) is 162 cm³/mol. The Morgan fingerprint density at radius 2 is 1.95 bits per heavy atom. The Morgan fingerprint density at radius 3 is 2.62 bits per heavy atom. The molecule has 3 aliphatic rings. The van der Waals surface area contributed by atoms with Gasteiger partial charge in [0.05, 0.1) is 37.4 Å². The highest BCUT2D eigenvalue weighted by Gasteiger charge is 2.38. The van der Waals surface area contributed by atoms with Crippen molar-refractivity contribution in [3.8, 4) is 0 Å². The maximum atomic E-state index is 13.6. The molecule has 6 rings (SSSR count). The summed E-state index contributed by atoms with van der Waals surface area (Å²) in [5.41, 5.74) is 2.06. The summed E-state index contributed by atoms with van der Waals surface area (Å²) in [6.45, 7) is 14.2. The van der Waals surface area contributed by atoms with Gasteiger partial charge < -0.3 is 24.8 Å². The maximum Gasteiger partial charge on any atom is 0.271 e. The van der Waals surface area contributed by atoms with Crippen LogP contribution in [0.25, 0.3) is 10.9 Å². The van der Waals surface area contributed by atoms with Crippen LogP contribution >= 0.6 is 23.2 Å². The standard InChI is InChI=1S/C29H36Cl2N8O3/c1-5-24(40)38-11-16(12-38)33-28(41)25-26(31)34-23(39(25)17-6-7-37(13-17)18-14-42-15-18)10-32-27-19-8-20(29(2,3)4)21(30)9-22(19)35-36-27/h5,8-9,16-18H,1,6-7,10-15H2,2-4H3,(H,33,41)(H2,32,35,36)/t17-/m1/s1. The summed E-state index contributed by atoms with van der Waals surface area (Å²) in [6, 6.07) is 4.23. The molecule has 3 aliphatic heterocycles. The minimum absolute atomic E-state index is 0.0191. The van der Waals surface area contributed by atoms with Crippen LogP contribution in [0, 0.1) is 0 Å². The van der Waals surface area contributed by atoms with Crippen LogP contribution in [0.5, 0.6) is 0 Å². The lowest BCUT2D eigenvalue weighted by atomic mass is 9.86. The number of anilines is 1. The van der Waals surface area contributed by atoms with Crippen molar-refractivity contribution in [3.05, 3.63) is 52.0 Å². The number of H-pyrrole nitrogens is 1. The number of amides is 2. The lowest BCUT2D eigenvalue weighted by Gasteiger charge is -2.39. The number of likely N-dealkylation sites (tertiary alicyclic amines) is 2. The van der Waals surface area contributed by atoms with Crippen LogP contribution < -0.4 is 10.6 Å². The fraction of sp³-hybridized carbons (Fsp3) is 0.517. The van der Waals surface area contributed by atoms with E-state index in [4.69, 9.17) is 27.9 Å². The molecule has 13 heteroatoms. The molecule has 0 unspecified atom stereocenters. The van der Waals surface area contributed by atoms with Gasteiger partial charge in [-0.1, -0.05) is 50.6 Å². The van der Waals surface area contributed by atoms with Gasteiger partial charge in [0.25, 0.3) is 5.91 Å². The van der Waals surface area contributed by atoms with E-state index in [1.807, 2.05) is 10.6 Å². The van der Waals surface area contributed by atoms with Crippen molar-refractivity contribution >= 4 is 51.7 Å². The van der Waals surface area contributed by atoms with E-state index in [-0.39, 0.29) is 34.5 Å². The number of nitrogens with one attached hydrogen (secondary N) is 3. The van der Waals surface area contributed by atoms with Crippen LogP contribution in [0.1, 0.15) is 55.1 Å². The number of fused-ring (bicyclic) bond motifs is 1. The van der Waals surface area contributed by atoms with E-state index in [0.29, 0.717) is 48.0 Å². The Labute approximate surface area is 254 Å². The zero-order valence-electron chi connectivity index (χ0n) is 24.0. The Balaban J connectivity index is 1.26. The van der Waals surface area contributed by atoms with E-state index < -0.39 is 0 Å². The van der Waals surface area contributed by atoms with Gasteiger partial charge in [-0.25, -0.2) is 4.98 Å². The zero-order valence-corrected chi connectivity index (χ0v) is 25.6. The highest BCUT2D eigenvalue weighted by Crippen LogP contribution is 2.35. The average molecular weight is 616 g/mol. The van der Waals surface area contributed by atoms with Crippen molar-refractivity contribution in [2.24, 2.45) is 0 Å². The molecule has 5 heterocycles. The summed E-state index contributed by atoms with van der Waals surface area (Å²) in [7, 11) is 0. The number of imidazole rings is 1. The molecule has 0 saturated carbocycles. The van der Waals surface area contributed by atoms with E-state index >= 15 is 0 Å². The number of aromatic amines is 1. The lowest BCUT2D eigenvalue weighted by Crippen LogP contribution is -2.60. The number of hydrogen-bond acceptors (Lipinski definition) is 7. The van der Waals surface area contributed by atoms with Gasteiger partial charge in [0.15, 0.2) is 11.0 Å². The number of nitrogens with zero attached hydrogens (tertiary/aromatic N) is 5. The van der Waals surface area contributed by atoms with Crippen LogP contribution in [0.3, 0.4) is 0 Å². The fourth-order valence-electron chi connectivity index (χ4n) is 5.96. The second kappa shape index (κ2) is 11.2. The van der Waals surface area contributed by atoms with Crippen molar-refractivity contribution in [1.82, 2.24) is 34.9 Å². The number of carbonyl (C=O) groups is 2. The molecule has 1 aromatic carbocycles. The number of aromatic nitrogens is 4. The molecule has 3 fully saturated rings. The van der Waals surface area contributed by atoms with Crippen molar-refractivity contribution < 1.29 is 14.3 Å². The van der Waals surface area contributed by atoms with Gasteiger partial charge in [-0.05, 0) is 35.6 Å². The number of halogens is 2. The Bertz CT molecular complexity index is 1530. The molecule has 11 nitrogen and oxygen atoms in total. The topological polar surface area (TPSA) is 120 Å². The largest absolute Gasteiger partial charge is 0.378 e. The lowest BCUT2D eigenvalue weighted by molar-refractivity contribution is -0.130. The van der Waals surface area contributed by atoms with Gasteiger partial charge in [-0.2, -0.15) is 5.10 Å².